The third-order valence-corrected chi connectivity index (χ3v) is 4.25. The predicted molar refractivity (Wildman–Crippen MR) is 78.0 cm³/mol. The average Bonchev–Trinajstić information content (AvgIpc) is 2.65. The first-order valence-electron chi connectivity index (χ1n) is 6.36. The smallest absolute Gasteiger partial charge is 0.129 e. The van der Waals surface area contributed by atoms with Crippen LogP contribution in [0.3, 0.4) is 0 Å². The fraction of sp³-hybridized carbons (Fsp3) is 0.400. The largest absolute Gasteiger partial charge is 0.306 e. The number of thiazole rings is 1. The van der Waals surface area contributed by atoms with Crippen molar-refractivity contribution in [3.8, 4) is 0 Å². The number of aryl methyl sites for hydroxylation is 4. The molecule has 2 nitrogen and oxygen atoms in total. The fourth-order valence-corrected chi connectivity index (χ4v) is 2.97. The van der Waals surface area contributed by atoms with Crippen LogP contribution in [0.1, 0.15) is 32.3 Å². The molecule has 1 N–H and O–H groups in total. The molecule has 0 saturated heterocycles. The van der Waals surface area contributed by atoms with Gasteiger partial charge in [0.1, 0.15) is 10.8 Å². The molecular weight excluding hydrogens is 259 g/mol. The van der Waals surface area contributed by atoms with E-state index < -0.39 is 0 Å². The van der Waals surface area contributed by atoms with E-state index in [9.17, 15) is 4.39 Å². The van der Waals surface area contributed by atoms with E-state index in [2.05, 4.69) is 17.2 Å². The van der Waals surface area contributed by atoms with Crippen LogP contribution in [-0.2, 0) is 13.1 Å². The number of hydrogen-bond donors (Lipinski definition) is 1. The van der Waals surface area contributed by atoms with Crippen molar-refractivity contribution in [1.29, 1.82) is 0 Å². The maximum absolute atomic E-state index is 13.5. The number of hydrogen-bond acceptors (Lipinski definition) is 3. The van der Waals surface area contributed by atoms with Gasteiger partial charge < -0.3 is 5.32 Å². The van der Waals surface area contributed by atoms with Crippen LogP contribution in [0.25, 0.3) is 0 Å². The van der Waals surface area contributed by atoms with Gasteiger partial charge in [0.2, 0.25) is 0 Å². The Balaban J connectivity index is 1.96. The van der Waals surface area contributed by atoms with E-state index in [1.165, 1.54) is 4.88 Å². The van der Waals surface area contributed by atoms with Crippen molar-refractivity contribution in [3.63, 3.8) is 0 Å². The van der Waals surface area contributed by atoms with Gasteiger partial charge in [-0.2, -0.15) is 0 Å². The summed E-state index contributed by atoms with van der Waals surface area (Å²) in [5.41, 5.74) is 3.63. The normalized spacial score (nSPS) is 11.0. The molecule has 0 aliphatic heterocycles. The summed E-state index contributed by atoms with van der Waals surface area (Å²) in [4.78, 5) is 5.76. The fourth-order valence-electron chi connectivity index (χ4n) is 2.07. The standard InChI is InChI=1S/C15H19FN2S/c1-9-5-13(6-10(2)15(9)16)7-17-8-14-18-11(3)12(4)19-14/h5-6,17H,7-8H2,1-4H3. The highest BCUT2D eigenvalue weighted by atomic mass is 32.1. The number of benzene rings is 1. The summed E-state index contributed by atoms with van der Waals surface area (Å²) in [6.45, 7) is 9.22. The molecule has 0 unspecified atom stereocenters. The lowest BCUT2D eigenvalue weighted by molar-refractivity contribution is 0.606. The monoisotopic (exact) mass is 278 g/mol. The van der Waals surface area contributed by atoms with E-state index in [1.807, 2.05) is 19.1 Å². The Morgan fingerprint density at radius 2 is 1.74 bits per heavy atom. The van der Waals surface area contributed by atoms with Crippen LogP contribution in [0.5, 0.6) is 0 Å². The van der Waals surface area contributed by atoms with Crippen LogP contribution in [0.15, 0.2) is 12.1 Å². The van der Waals surface area contributed by atoms with Crippen molar-refractivity contribution < 1.29 is 4.39 Å². The van der Waals surface area contributed by atoms with Gasteiger partial charge in [0.25, 0.3) is 0 Å². The zero-order chi connectivity index (χ0) is 14.0. The highest BCUT2D eigenvalue weighted by Gasteiger charge is 2.05. The predicted octanol–water partition coefficient (Wildman–Crippen LogP) is 3.81. The quantitative estimate of drug-likeness (QED) is 0.920. The molecule has 0 saturated carbocycles. The van der Waals surface area contributed by atoms with E-state index in [0.29, 0.717) is 11.1 Å². The Hall–Kier alpha value is -1.26. The number of nitrogens with zero attached hydrogens (tertiary/aromatic N) is 1. The second-order valence-electron chi connectivity index (χ2n) is 4.90. The zero-order valence-electron chi connectivity index (χ0n) is 11.8. The highest BCUT2D eigenvalue weighted by molar-refractivity contribution is 7.11. The minimum atomic E-state index is -0.102. The summed E-state index contributed by atoms with van der Waals surface area (Å²) in [5, 5.41) is 4.46. The van der Waals surface area contributed by atoms with Gasteiger partial charge in [-0.3, -0.25) is 0 Å². The first-order chi connectivity index (χ1) is 8.97. The summed E-state index contributed by atoms with van der Waals surface area (Å²) < 4.78 is 13.5. The Bertz CT molecular complexity index is 547. The average molecular weight is 278 g/mol. The second kappa shape index (κ2) is 5.80. The first kappa shape index (κ1) is 14.2. The maximum atomic E-state index is 13.5. The zero-order valence-corrected chi connectivity index (χ0v) is 12.6. The molecule has 4 heteroatoms. The number of halogens is 1. The molecule has 0 amide bonds. The van der Waals surface area contributed by atoms with Crippen molar-refractivity contribution in [2.24, 2.45) is 0 Å². The molecular formula is C15H19FN2S. The Morgan fingerprint density at radius 3 is 2.26 bits per heavy atom. The van der Waals surface area contributed by atoms with Gasteiger partial charge in [0.15, 0.2) is 0 Å². The lowest BCUT2D eigenvalue weighted by Gasteiger charge is -2.07. The van der Waals surface area contributed by atoms with Crippen LogP contribution in [0, 0.1) is 33.5 Å². The molecule has 1 aromatic heterocycles. The van der Waals surface area contributed by atoms with Gasteiger partial charge in [-0.05, 0) is 44.4 Å². The molecule has 102 valence electrons. The van der Waals surface area contributed by atoms with Crippen molar-refractivity contribution in [2.75, 3.05) is 0 Å². The molecule has 0 aliphatic carbocycles. The molecule has 2 rings (SSSR count). The van der Waals surface area contributed by atoms with Gasteiger partial charge in [0.05, 0.1) is 5.69 Å². The first-order valence-corrected chi connectivity index (χ1v) is 7.18. The van der Waals surface area contributed by atoms with Gasteiger partial charge in [-0.25, -0.2) is 9.37 Å². The molecule has 1 aromatic carbocycles. The SMILES string of the molecule is Cc1cc(CNCc2nc(C)c(C)s2)cc(C)c1F. The van der Waals surface area contributed by atoms with Crippen LogP contribution in [0.4, 0.5) is 4.39 Å². The van der Waals surface area contributed by atoms with E-state index in [4.69, 9.17) is 0 Å². The molecule has 0 fully saturated rings. The third kappa shape index (κ3) is 3.39. The van der Waals surface area contributed by atoms with E-state index in [0.717, 1.165) is 29.4 Å². The van der Waals surface area contributed by atoms with Crippen LogP contribution in [-0.4, -0.2) is 4.98 Å². The minimum Gasteiger partial charge on any atom is -0.306 e. The molecule has 0 spiro atoms. The van der Waals surface area contributed by atoms with Crippen molar-refractivity contribution >= 4 is 11.3 Å². The van der Waals surface area contributed by atoms with Crippen molar-refractivity contribution in [3.05, 3.63) is 50.2 Å². The van der Waals surface area contributed by atoms with Crippen molar-refractivity contribution in [2.45, 2.75) is 40.8 Å². The van der Waals surface area contributed by atoms with Crippen LogP contribution < -0.4 is 5.32 Å². The maximum Gasteiger partial charge on any atom is 0.129 e. The lowest BCUT2D eigenvalue weighted by atomic mass is 10.1. The van der Waals surface area contributed by atoms with Gasteiger partial charge in [-0.1, -0.05) is 12.1 Å². The highest BCUT2D eigenvalue weighted by Crippen LogP contribution is 2.17. The summed E-state index contributed by atoms with van der Waals surface area (Å²) in [5.74, 6) is -0.102. The summed E-state index contributed by atoms with van der Waals surface area (Å²) in [7, 11) is 0. The van der Waals surface area contributed by atoms with E-state index in [-0.39, 0.29) is 5.82 Å². The molecule has 0 bridgehead atoms. The molecule has 2 aromatic rings. The van der Waals surface area contributed by atoms with Gasteiger partial charge in [0, 0.05) is 18.0 Å². The lowest BCUT2D eigenvalue weighted by Crippen LogP contribution is -2.13. The van der Waals surface area contributed by atoms with Crippen LogP contribution in [0.2, 0.25) is 0 Å². The molecule has 0 aliphatic rings. The summed E-state index contributed by atoms with van der Waals surface area (Å²) in [6.07, 6.45) is 0. The Kier molecular flexibility index (Phi) is 4.32. The summed E-state index contributed by atoms with van der Waals surface area (Å²) in [6, 6.07) is 3.79. The molecule has 19 heavy (non-hydrogen) atoms. The Labute approximate surface area is 117 Å². The van der Waals surface area contributed by atoms with Gasteiger partial charge >= 0.3 is 0 Å². The summed E-state index contributed by atoms with van der Waals surface area (Å²) >= 11 is 1.72. The Morgan fingerprint density at radius 1 is 1.11 bits per heavy atom. The number of rotatable bonds is 4. The molecule has 1 heterocycles. The number of nitrogens with one attached hydrogen (secondary N) is 1. The third-order valence-electron chi connectivity index (χ3n) is 3.17. The van der Waals surface area contributed by atoms with E-state index >= 15 is 0 Å². The molecule has 0 radical (unpaired) electrons. The van der Waals surface area contributed by atoms with Crippen molar-refractivity contribution in [1.82, 2.24) is 10.3 Å². The van der Waals surface area contributed by atoms with E-state index in [1.54, 1.807) is 25.2 Å². The van der Waals surface area contributed by atoms with Crippen LogP contribution >= 0.6 is 11.3 Å². The topological polar surface area (TPSA) is 24.9 Å². The number of aromatic nitrogens is 1. The second-order valence-corrected chi connectivity index (χ2v) is 6.18. The molecule has 0 atom stereocenters. The minimum absolute atomic E-state index is 0.102. The van der Waals surface area contributed by atoms with Gasteiger partial charge in [-0.15, -0.1) is 11.3 Å².